The molecule has 42 heavy (non-hydrogen) atoms. The van der Waals surface area contributed by atoms with Gasteiger partial charge in [-0.3, -0.25) is 9.59 Å². The zero-order valence-corrected chi connectivity index (χ0v) is 24.6. The molecule has 2 aliphatic rings. The lowest BCUT2D eigenvalue weighted by molar-refractivity contribution is -0.116. The highest BCUT2D eigenvalue weighted by molar-refractivity contribution is 6.10. The van der Waals surface area contributed by atoms with Gasteiger partial charge in [0.05, 0.1) is 27.9 Å². The second kappa shape index (κ2) is 12.4. The van der Waals surface area contributed by atoms with Gasteiger partial charge in [0.2, 0.25) is 0 Å². The zero-order chi connectivity index (χ0) is 29.8. The van der Waals surface area contributed by atoms with E-state index in [0.717, 1.165) is 16.8 Å². The first-order valence-electron chi connectivity index (χ1n) is 14.0. The Balaban J connectivity index is 1.54. The van der Waals surface area contributed by atoms with Crippen LogP contribution < -0.4 is 29.6 Å². The minimum absolute atomic E-state index is 0.00223. The fraction of sp³-hybridized carbons (Fsp3) is 0.294. The van der Waals surface area contributed by atoms with Gasteiger partial charge in [0.1, 0.15) is 11.5 Å². The van der Waals surface area contributed by atoms with E-state index in [1.807, 2.05) is 56.3 Å². The fourth-order valence-electron chi connectivity index (χ4n) is 5.84. The number of amides is 1. The van der Waals surface area contributed by atoms with Crippen LogP contribution in [-0.4, -0.2) is 39.6 Å². The summed E-state index contributed by atoms with van der Waals surface area (Å²) < 4.78 is 22.0. The smallest absolute Gasteiger partial charge is 0.254 e. The normalized spacial score (nSPS) is 18.2. The van der Waals surface area contributed by atoms with Gasteiger partial charge in [0.15, 0.2) is 17.3 Å². The molecule has 3 aromatic carbocycles. The maximum absolute atomic E-state index is 14.0. The van der Waals surface area contributed by atoms with Gasteiger partial charge in [-0.25, -0.2) is 0 Å². The summed E-state index contributed by atoms with van der Waals surface area (Å²) in [5, 5.41) is 6.46. The van der Waals surface area contributed by atoms with Crippen LogP contribution in [0, 0.1) is 0 Å². The molecule has 1 aliphatic heterocycles. The van der Waals surface area contributed by atoms with Crippen molar-refractivity contribution in [3.8, 4) is 23.0 Å². The van der Waals surface area contributed by atoms with E-state index in [9.17, 15) is 9.59 Å². The Kier molecular flexibility index (Phi) is 8.52. The molecule has 218 valence electrons. The molecule has 0 saturated carbocycles. The Bertz CT molecular complexity index is 1560. The number of nitrogens with one attached hydrogen (secondary N) is 2. The fourth-order valence-corrected chi connectivity index (χ4v) is 5.84. The van der Waals surface area contributed by atoms with E-state index in [1.165, 1.54) is 0 Å². The van der Waals surface area contributed by atoms with E-state index in [0.29, 0.717) is 65.0 Å². The molecule has 0 spiro atoms. The first-order valence-corrected chi connectivity index (χ1v) is 14.0. The number of benzene rings is 3. The van der Waals surface area contributed by atoms with Crippen LogP contribution in [0.1, 0.15) is 49.7 Å². The van der Waals surface area contributed by atoms with Gasteiger partial charge in [0.25, 0.3) is 5.91 Å². The van der Waals surface area contributed by atoms with Gasteiger partial charge < -0.3 is 29.6 Å². The van der Waals surface area contributed by atoms with Crippen molar-refractivity contribution in [1.82, 2.24) is 5.32 Å². The Morgan fingerprint density at radius 2 is 1.64 bits per heavy atom. The Labute approximate surface area is 246 Å². The number of Topliss-reactive ketones (excluding diaryl/α,β-unsaturated/α-hetero) is 1. The van der Waals surface area contributed by atoms with Crippen LogP contribution >= 0.6 is 0 Å². The number of carbonyl (C=O) groups excluding carboxylic acids is 2. The standard InChI is InChI=1S/C34H36N2O6/c1-6-42-26-9-7-8-22(16-26)32-31(34(38)36-24-11-13-25(39-3)14-12-24)20(2)35-27-17-23(18-28(37)33(27)32)21-10-15-29(40-4)30(19-21)41-5/h7-16,19,23,32,35H,6,17-18H2,1-5H3,(H,36,38)/t23-,32+/m0/s1. The van der Waals surface area contributed by atoms with Crippen LogP contribution in [0.25, 0.3) is 0 Å². The Morgan fingerprint density at radius 1 is 0.881 bits per heavy atom. The van der Waals surface area contributed by atoms with E-state index in [-0.39, 0.29) is 17.6 Å². The molecule has 0 bridgehead atoms. The minimum atomic E-state index is -0.557. The average molecular weight is 569 g/mol. The lowest BCUT2D eigenvalue weighted by atomic mass is 9.71. The Hall–Kier alpha value is -4.72. The van der Waals surface area contributed by atoms with Gasteiger partial charge in [0, 0.05) is 40.6 Å². The van der Waals surface area contributed by atoms with Crippen LogP contribution in [0.4, 0.5) is 5.69 Å². The lowest BCUT2D eigenvalue weighted by Crippen LogP contribution is -2.37. The molecule has 2 N–H and O–H groups in total. The second-order valence-electron chi connectivity index (χ2n) is 10.3. The topological polar surface area (TPSA) is 95.1 Å². The molecule has 1 aliphatic carbocycles. The first kappa shape index (κ1) is 28.8. The van der Waals surface area contributed by atoms with Crippen molar-refractivity contribution in [3.05, 3.63) is 100 Å². The molecule has 3 aromatic rings. The third kappa shape index (κ3) is 5.70. The lowest BCUT2D eigenvalue weighted by Gasteiger charge is -2.37. The zero-order valence-electron chi connectivity index (χ0n) is 24.6. The molecule has 2 atom stereocenters. The van der Waals surface area contributed by atoms with E-state index >= 15 is 0 Å². The largest absolute Gasteiger partial charge is 0.497 e. The molecule has 1 amide bonds. The van der Waals surface area contributed by atoms with Crippen molar-refractivity contribution in [2.75, 3.05) is 33.3 Å². The van der Waals surface area contributed by atoms with E-state index < -0.39 is 5.92 Å². The summed E-state index contributed by atoms with van der Waals surface area (Å²) in [5.41, 5.74) is 5.10. The van der Waals surface area contributed by atoms with Crippen LogP contribution in [0.2, 0.25) is 0 Å². The number of dihydropyridines is 1. The van der Waals surface area contributed by atoms with Gasteiger partial charge >= 0.3 is 0 Å². The highest BCUT2D eigenvalue weighted by atomic mass is 16.5. The van der Waals surface area contributed by atoms with Gasteiger partial charge in [-0.2, -0.15) is 0 Å². The van der Waals surface area contributed by atoms with Crippen LogP contribution in [-0.2, 0) is 9.59 Å². The highest BCUT2D eigenvalue weighted by Crippen LogP contribution is 2.47. The third-order valence-corrected chi connectivity index (χ3v) is 7.80. The highest BCUT2D eigenvalue weighted by Gasteiger charge is 2.41. The van der Waals surface area contributed by atoms with Crippen molar-refractivity contribution < 1.29 is 28.5 Å². The van der Waals surface area contributed by atoms with Crippen molar-refractivity contribution in [3.63, 3.8) is 0 Å². The summed E-state index contributed by atoms with van der Waals surface area (Å²) in [6, 6.07) is 20.6. The maximum atomic E-state index is 14.0. The third-order valence-electron chi connectivity index (χ3n) is 7.80. The molecule has 1 heterocycles. The predicted octanol–water partition coefficient (Wildman–Crippen LogP) is 6.11. The Morgan fingerprint density at radius 3 is 2.33 bits per heavy atom. The van der Waals surface area contributed by atoms with Gasteiger partial charge in [-0.15, -0.1) is 0 Å². The molecule has 0 saturated heterocycles. The summed E-state index contributed by atoms with van der Waals surface area (Å²) >= 11 is 0. The summed E-state index contributed by atoms with van der Waals surface area (Å²) in [7, 11) is 4.80. The molecule has 5 rings (SSSR count). The van der Waals surface area contributed by atoms with E-state index in [4.69, 9.17) is 18.9 Å². The van der Waals surface area contributed by atoms with E-state index in [2.05, 4.69) is 10.6 Å². The summed E-state index contributed by atoms with van der Waals surface area (Å²) in [6.45, 7) is 4.32. The SMILES string of the molecule is CCOc1cccc([C@@H]2C(C(=O)Nc3ccc(OC)cc3)=C(C)NC3=C2C(=O)C[C@@H](c2ccc(OC)c(OC)c2)C3)c1. The number of carbonyl (C=O) groups is 2. The van der Waals surface area contributed by atoms with Gasteiger partial charge in [-0.05, 0) is 85.8 Å². The minimum Gasteiger partial charge on any atom is -0.497 e. The first-order chi connectivity index (χ1) is 20.4. The molecule has 0 radical (unpaired) electrons. The van der Waals surface area contributed by atoms with E-state index in [1.54, 1.807) is 45.6 Å². The summed E-state index contributed by atoms with van der Waals surface area (Å²) in [6.07, 6.45) is 0.924. The molecule has 0 fully saturated rings. The molecule has 0 unspecified atom stereocenters. The van der Waals surface area contributed by atoms with Crippen molar-refractivity contribution in [2.24, 2.45) is 0 Å². The number of ketones is 1. The number of methoxy groups -OCH3 is 3. The van der Waals surface area contributed by atoms with Crippen LogP contribution in [0.5, 0.6) is 23.0 Å². The number of allylic oxidation sites excluding steroid dienone is 3. The van der Waals surface area contributed by atoms with Crippen molar-refractivity contribution in [1.29, 1.82) is 0 Å². The monoisotopic (exact) mass is 568 g/mol. The van der Waals surface area contributed by atoms with Gasteiger partial charge in [-0.1, -0.05) is 18.2 Å². The van der Waals surface area contributed by atoms with Crippen molar-refractivity contribution >= 4 is 17.4 Å². The molecule has 8 nitrogen and oxygen atoms in total. The summed E-state index contributed by atoms with van der Waals surface area (Å²) in [5.74, 6) is 1.75. The second-order valence-corrected chi connectivity index (χ2v) is 10.3. The maximum Gasteiger partial charge on any atom is 0.254 e. The number of ether oxygens (including phenoxy) is 4. The quantitative estimate of drug-likeness (QED) is 0.322. The summed E-state index contributed by atoms with van der Waals surface area (Å²) in [4.78, 5) is 27.9. The number of hydrogen-bond donors (Lipinski definition) is 2. The molecule has 0 aromatic heterocycles. The number of anilines is 1. The number of rotatable bonds is 9. The molecular formula is C34H36N2O6. The van der Waals surface area contributed by atoms with Crippen LogP contribution in [0.3, 0.4) is 0 Å². The number of hydrogen-bond acceptors (Lipinski definition) is 7. The molecular weight excluding hydrogens is 532 g/mol. The van der Waals surface area contributed by atoms with Crippen LogP contribution in [0.15, 0.2) is 89.3 Å². The molecule has 8 heteroatoms. The van der Waals surface area contributed by atoms with Crippen molar-refractivity contribution in [2.45, 2.75) is 38.5 Å². The average Bonchev–Trinajstić information content (AvgIpc) is 3.00. The predicted molar refractivity (Wildman–Crippen MR) is 161 cm³/mol.